The molecule has 0 aromatic heterocycles. The third kappa shape index (κ3) is 4.75. The SMILES string of the molecule is CC[C@H](C)C[C@H](C)[C@H]1CC([C@@H](C)CCO)[C@@H](OC)C1. The summed E-state index contributed by atoms with van der Waals surface area (Å²) in [7, 11) is 1.85. The highest BCUT2D eigenvalue weighted by molar-refractivity contribution is 4.89. The smallest absolute Gasteiger partial charge is 0.0604 e. The first kappa shape index (κ1) is 17.0. The second-order valence-corrected chi connectivity index (χ2v) is 6.89. The summed E-state index contributed by atoms with van der Waals surface area (Å²) in [4.78, 5) is 0. The molecule has 1 rings (SSSR count). The van der Waals surface area contributed by atoms with E-state index in [2.05, 4.69) is 27.7 Å². The van der Waals surface area contributed by atoms with E-state index in [0.29, 0.717) is 24.5 Å². The fourth-order valence-electron chi connectivity index (χ4n) is 3.82. The van der Waals surface area contributed by atoms with Crippen LogP contribution in [0.4, 0.5) is 0 Å². The van der Waals surface area contributed by atoms with E-state index in [1.54, 1.807) is 0 Å². The van der Waals surface area contributed by atoms with Crippen molar-refractivity contribution < 1.29 is 9.84 Å². The molecule has 0 aromatic carbocycles. The lowest BCUT2D eigenvalue weighted by Crippen LogP contribution is -2.23. The van der Waals surface area contributed by atoms with Crippen LogP contribution in [0.2, 0.25) is 0 Å². The maximum absolute atomic E-state index is 9.14. The van der Waals surface area contributed by atoms with Gasteiger partial charge < -0.3 is 9.84 Å². The first-order chi connectivity index (χ1) is 9.03. The summed E-state index contributed by atoms with van der Waals surface area (Å²) in [6.45, 7) is 9.65. The summed E-state index contributed by atoms with van der Waals surface area (Å²) in [6.07, 6.45) is 6.46. The summed E-state index contributed by atoms with van der Waals surface area (Å²) in [5, 5.41) is 9.14. The predicted octanol–water partition coefficient (Wildman–Crippen LogP) is 4.12. The number of aliphatic hydroxyl groups excluding tert-OH is 1. The van der Waals surface area contributed by atoms with E-state index < -0.39 is 0 Å². The average Bonchev–Trinajstić information content (AvgIpc) is 2.83. The van der Waals surface area contributed by atoms with Crippen molar-refractivity contribution in [1.82, 2.24) is 0 Å². The molecule has 1 aliphatic rings. The minimum atomic E-state index is 0.307. The van der Waals surface area contributed by atoms with Crippen LogP contribution >= 0.6 is 0 Å². The van der Waals surface area contributed by atoms with Crippen LogP contribution in [-0.4, -0.2) is 24.9 Å². The summed E-state index contributed by atoms with van der Waals surface area (Å²) < 4.78 is 5.72. The minimum absolute atomic E-state index is 0.307. The van der Waals surface area contributed by atoms with Crippen LogP contribution in [-0.2, 0) is 4.74 Å². The van der Waals surface area contributed by atoms with Crippen LogP contribution in [0.3, 0.4) is 0 Å². The van der Waals surface area contributed by atoms with Crippen LogP contribution in [0.1, 0.15) is 59.8 Å². The molecule has 1 saturated carbocycles. The Balaban J connectivity index is 2.55. The van der Waals surface area contributed by atoms with Crippen molar-refractivity contribution >= 4 is 0 Å². The molecule has 1 N–H and O–H groups in total. The van der Waals surface area contributed by atoms with Gasteiger partial charge >= 0.3 is 0 Å². The van der Waals surface area contributed by atoms with Gasteiger partial charge in [-0.15, -0.1) is 0 Å². The monoisotopic (exact) mass is 270 g/mol. The number of methoxy groups -OCH3 is 1. The first-order valence-corrected chi connectivity index (χ1v) is 8.17. The molecule has 0 aromatic rings. The molecule has 1 fully saturated rings. The predicted molar refractivity (Wildman–Crippen MR) is 81.1 cm³/mol. The Hall–Kier alpha value is -0.0800. The van der Waals surface area contributed by atoms with Crippen molar-refractivity contribution in [2.45, 2.75) is 65.9 Å². The van der Waals surface area contributed by atoms with Gasteiger partial charge in [-0.3, -0.25) is 0 Å². The number of rotatable bonds is 8. The Morgan fingerprint density at radius 1 is 1.16 bits per heavy atom. The van der Waals surface area contributed by atoms with Crippen molar-refractivity contribution in [1.29, 1.82) is 0 Å². The highest BCUT2D eigenvalue weighted by atomic mass is 16.5. The lowest BCUT2D eigenvalue weighted by molar-refractivity contribution is 0.0444. The molecule has 0 bridgehead atoms. The van der Waals surface area contributed by atoms with Crippen LogP contribution in [0.25, 0.3) is 0 Å². The molecule has 0 spiro atoms. The van der Waals surface area contributed by atoms with E-state index in [0.717, 1.165) is 24.2 Å². The summed E-state index contributed by atoms with van der Waals surface area (Å²) in [5.41, 5.74) is 0. The number of aliphatic hydroxyl groups is 1. The number of hydrogen-bond acceptors (Lipinski definition) is 2. The van der Waals surface area contributed by atoms with E-state index in [1.165, 1.54) is 25.7 Å². The van der Waals surface area contributed by atoms with Crippen molar-refractivity contribution in [3.8, 4) is 0 Å². The summed E-state index contributed by atoms with van der Waals surface area (Å²) in [5.74, 6) is 3.67. The van der Waals surface area contributed by atoms with Gasteiger partial charge in [0.1, 0.15) is 0 Å². The minimum Gasteiger partial charge on any atom is -0.396 e. The topological polar surface area (TPSA) is 29.5 Å². The Labute approximate surface area is 119 Å². The molecule has 0 radical (unpaired) electrons. The molecule has 0 saturated heterocycles. The second kappa shape index (κ2) is 8.26. The molecule has 0 heterocycles. The third-order valence-corrected chi connectivity index (χ3v) is 5.48. The molecular weight excluding hydrogens is 236 g/mol. The summed E-state index contributed by atoms with van der Waals surface area (Å²) >= 11 is 0. The zero-order valence-electron chi connectivity index (χ0n) is 13.6. The Morgan fingerprint density at radius 3 is 2.37 bits per heavy atom. The lowest BCUT2D eigenvalue weighted by Gasteiger charge is -2.24. The van der Waals surface area contributed by atoms with Crippen LogP contribution < -0.4 is 0 Å². The van der Waals surface area contributed by atoms with E-state index in [4.69, 9.17) is 9.84 Å². The van der Waals surface area contributed by atoms with Crippen LogP contribution in [0, 0.1) is 29.6 Å². The second-order valence-electron chi connectivity index (χ2n) is 6.89. The van der Waals surface area contributed by atoms with E-state index in [-0.39, 0.29) is 0 Å². The van der Waals surface area contributed by atoms with Gasteiger partial charge in [-0.25, -0.2) is 0 Å². The van der Waals surface area contributed by atoms with Gasteiger partial charge in [0.25, 0.3) is 0 Å². The van der Waals surface area contributed by atoms with Gasteiger partial charge in [0, 0.05) is 13.7 Å². The molecule has 19 heavy (non-hydrogen) atoms. The fourth-order valence-corrected chi connectivity index (χ4v) is 3.82. The molecule has 6 atom stereocenters. The zero-order valence-corrected chi connectivity index (χ0v) is 13.6. The molecule has 1 unspecified atom stereocenters. The van der Waals surface area contributed by atoms with Gasteiger partial charge in [0.2, 0.25) is 0 Å². The molecule has 2 nitrogen and oxygen atoms in total. The van der Waals surface area contributed by atoms with Crippen molar-refractivity contribution in [2.24, 2.45) is 29.6 Å². The standard InChI is InChI=1S/C17H34O2/c1-6-12(2)9-14(4)15-10-16(13(3)7-8-18)17(11-15)19-5/h12-18H,6-11H2,1-5H3/t12-,13-,14-,15-,16?,17-/m0/s1. The van der Waals surface area contributed by atoms with E-state index in [9.17, 15) is 0 Å². The molecule has 114 valence electrons. The van der Waals surface area contributed by atoms with Crippen molar-refractivity contribution in [2.75, 3.05) is 13.7 Å². The van der Waals surface area contributed by atoms with E-state index in [1.807, 2.05) is 7.11 Å². The largest absolute Gasteiger partial charge is 0.396 e. The maximum atomic E-state index is 9.14. The van der Waals surface area contributed by atoms with Gasteiger partial charge in [0.15, 0.2) is 0 Å². The molecule has 0 amide bonds. The molecule has 0 aliphatic heterocycles. The average molecular weight is 270 g/mol. The van der Waals surface area contributed by atoms with Gasteiger partial charge in [-0.1, -0.05) is 34.1 Å². The van der Waals surface area contributed by atoms with Gasteiger partial charge in [-0.05, 0) is 55.3 Å². The molecule has 2 heteroatoms. The zero-order chi connectivity index (χ0) is 14.4. The van der Waals surface area contributed by atoms with Gasteiger partial charge in [-0.2, -0.15) is 0 Å². The first-order valence-electron chi connectivity index (χ1n) is 8.17. The Bertz CT molecular complexity index is 241. The quantitative estimate of drug-likeness (QED) is 0.719. The molecule has 1 aliphatic carbocycles. The highest BCUT2D eigenvalue weighted by Crippen LogP contribution is 2.43. The highest BCUT2D eigenvalue weighted by Gasteiger charge is 2.39. The van der Waals surface area contributed by atoms with E-state index >= 15 is 0 Å². The van der Waals surface area contributed by atoms with Crippen LogP contribution in [0.15, 0.2) is 0 Å². The maximum Gasteiger partial charge on any atom is 0.0604 e. The van der Waals surface area contributed by atoms with Crippen molar-refractivity contribution in [3.05, 3.63) is 0 Å². The lowest BCUT2D eigenvalue weighted by atomic mass is 9.82. The van der Waals surface area contributed by atoms with Crippen molar-refractivity contribution in [3.63, 3.8) is 0 Å². The van der Waals surface area contributed by atoms with Crippen LogP contribution in [0.5, 0.6) is 0 Å². The summed E-state index contributed by atoms with van der Waals surface area (Å²) in [6, 6.07) is 0. The normalized spacial score (nSPS) is 32.2. The van der Waals surface area contributed by atoms with Gasteiger partial charge in [0.05, 0.1) is 6.10 Å². The Kier molecular flexibility index (Phi) is 7.38. The third-order valence-electron chi connectivity index (χ3n) is 5.48. The number of hydrogen-bond donors (Lipinski definition) is 1. The number of ether oxygens (including phenoxy) is 1. The Morgan fingerprint density at radius 2 is 1.84 bits per heavy atom. The molecular formula is C17H34O2. The fraction of sp³-hybridized carbons (Fsp3) is 1.00.